The van der Waals surface area contributed by atoms with E-state index in [1.54, 1.807) is 30.6 Å². The highest BCUT2D eigenvalue weighted by atomic mass is 16.6. The Hall–Kier alpha value is -2.60. The predicted octanol–water partition coefficient (Wildman–Crippen LogP) is 5.70. The van der Waals surface area contributed by atoms with Gasteiger partial charge in [-0.2, -0.15) is 0 Å². The smallest absolute Gasteiger partial charge is 0.410 e. The lowest BCUT2D eigenvalue weighted by atomic mass is 9.76. The number of nitrogens with zero attached hydrogens (tertiary/aromatic N) is 2. The van der Waals surface area contributed by atoms with Gasteiger partial charge in [-0.25, -0.2) is 9.59 Å². The molecule has 0 bridgehead atoms. The van der Waals surface area contributed by atoms with Crippen LogP contribution in [-0.4, -0.2) is 108 Å². The Kier molecular flexibility index (Phi) is 16.9. The number of esters is 2. The average molecular weight is 685 g/mol. The van der Waals surface area contributed by atoms with E-state index in [0.717, 1.165) is 32.1 Å². The summed E-state index contributed by atoms with van der Waals surface area (Å²) < 4.78 is 21.9. The molecule has 0 spiro atoms. The van der Waals surface area contributed by atoms with Crippen LogP contribution in [0, 0.1) is 23.7 Å². The van der Waals surface area contributed by atoms with Crippen LogP contribution in [0.15, 0.2) is 0 Å². The van der Waals surface area contributed by atoms with Crippen molar-refractivity contribution >= 4 is 24.1 Å². The van der Waals surface area contributed by atoms with E-state index in [-0.39, 0.29) is 31.0 Å². The number of carbonyl (C=O) groups excluding carboxylic acids is 4. The Morgan fingerprint density at radius 2 is 1.10 bits per heavy atom. The van der Waals surface area contributed by atoms with Crippen molar-refractivity contribution in [1.82, 2.24) is 9.80 Å². The zero-order valence-corrected chi connectivity index (χ0v) is 30.8. The Labute approximate surface area is 288 Å². The first-order chi connectivity index (χ1) is 22.6. The second-order valence-electron chi connectivity index (χ2n) is 15.4. The van der Waals surface area contributed by atoms with Crippen LogP contribution in [0.4, 0.5) is 9.59 Å². The highest BCUT2D eigenvalue weighted by Crippen LogP contribution is 2.37. The molecule has 2 N–H and O–H groups in total. The third-order valence-corrected chi connectivity index (χ3v) is 9.47. The quantitative estimate of drug-likeness (QED) is 0.125. The summed E-state index contributed by atoms with van der Waals surface area (Å²) in [4.78, 5) is 56.3. The molecule has 2 rings (SSSR count). The highest BCUT2D eigenvalue weighted by molar-refractivity contribution is 5.76. The van der Waals surface area contributed by atoms with Crippen molar-refractivity contribution in [3.05, 3.63) is 0 Å². The van der Waals surface area contributed by atoms with Gasteiger partial charge in [0, 0.05) is 32.2 Å². The summed E-state index contributed by atoms with van der Waals surface area (Å²) in [7, 11) is 2.72. The van der Waals surface area contributed by atoms with Gasteiger partial charge in [0.1, 0.15) is 11.2 Å². The average Bonchev–Trinajstić information content (AvgIpc) is 3.02. The monoisotopic (exact) mass is 684 g/mol. The van der Waals surface area contributed by atoms with Crippen molar-refractivity contribution in [3.8, 4) is 0 Å². The molecule has 0 unspecified atom stereocenters. The van der Waals surface area contributed by atoms with Crippen molar-refractivity contribution in [2.24, 2.45) is 23.7 Å². The molecule has 2 aliphatic heterocycles. The van der Waals surface area contributed by atoms with Crippen molar-refractivity contribution in [2.45, 2.75) is 142 Å². The summed E-state index contributed by atoms with van der Waals surface area (Å²) in [5.41, 5.74) is -1.38. The molecule has 2 heterocycles. The molecule has 0 aromatic carbocycles. The first-order valence-corrected chi connectivity index (χ1v) is 17.9. The maximum atomic E-state index is 13.4. The third-order valence-electron chi connectivity index (χ3n) is 9.47. The van der Waals surface area contributed by atoms with Gasteiger partial charge in [0.05, 0.1) is 38.1 Å². The lowest BCUT2D eigenvalue weighted by Gasteiger charge is -2.45. The zero-order valence-electron chi connectivity index (χ0n) is 30.8. The first kappa shape index (κ1) is 41.6. The molecule has 0 aromatic rings. The number of unbranched alkanes of at least 4 members (excludes halogenated alkanes) is 3. The Bertz CT molecular complexity index is 1020. The number of carbonyl (C=O) groups is 4. The summed E-state index contributed by atoms with van der Waals surface area (Å²) in [6.45, 7) is 11.7. The van der Waals surface area contributed by atoms with Crippen molar-refractivity contribution in [2.75, 3.05) is 40.5 Å². The van der Waals surface area contributed by atoms with Crippen LogP contribution in [0.3, 0.4) is 0 Å². The Balaban J connectivity index is 2.21. The summed E-state index contributed by atoms with van der Waals surface area (Å²) in [5.74, 6) is -2.14. The second-order valence-corrected chi connectivity index (χ2v) is 15.4. The fraction of sp³-hybridized carbons (Fsp3) is 0.889. The third kappa shape index (κ3) is 12.7. The van der Waals surface area contributed by atoms with Crippen LogP contribution in [0.1, 0.15) is 119 Å². The minimum atomic E-state index is -0.698. The van der Waals surface area contributed by atoms with Crippen molar-refractivity contribution < 1.29 is 48.3 Å². The molecule has 0 saturated carbocycles. The maximum absolute atomic E-state index is 13.4. The molecule has 6 atom stereocenters. The molecule has 0 radical (unpaired) electrons. The number of rotatable bonds is 15. The molecule has 48 heavy (non-hydrogen) atoms. The highest BCUT2D eigenvalue weighted by Gasteiger charge is 2.45. The van der Waals surface area contributed by atoms with E-state index in [0.29, 0.717) is 58.0 Å². The van der Waals surface area contributed by atoms with Crippen LogP contribution < -0.4 is 0 Å². The van der Waals surface area contributed by atoms with Gasteiger partial charge in [0.2, 0.25) is 0 Å². The second kappa shape index (κ2) is 19.6. The predicted molar refractivity (Wildman–Crippen MR) is 181 cm³/mol. The molecule has 2 saturated heterocycles. The molecule has 2 amide bonds. The van der Waals surface area contributed by atoms with Crippen molar-refractivity contribution in [3.63, 3.8) is 0 Å². The van der Waals surface area contributed by atoms with Crippen LogP contribution in [-0.2, 0) is 28.5 Å². The number of amides is 2. The number of ether oxygens (including phenoxy) is 4. The molecular weight excluding hydrogens is 620 g/mol. The lowest BCUT2D eigenvalue weighted by molar-refractivity contribution is -0.151. The number of piperidine rings is 2. The standard InChI is InChI=1S/C36H64N2O10/c1-35(2,3)47-33(43)37-21-14-17-25(29(37)27(31(41)45-7)20-12-13-23-39)16-10-9-11-19-28(32(42)46-8)30-26(24-40)18-15-22-38(30)34(44)48-36(4,5)6/h25-30,39-40H,9-24H2,1-8H3/t25-,26+,27+,28+,29-,30-/m0/s1. The van der Waals surface area contributed by atoms with Gasteiger partial charge < -0.3 is 39.0 Å². The molecule has 2 fully saturated rings. The summed E-state index contributed by atoms with van der Waals surface area (Å²) in [5, 5.41) is 19.6. The molecule has 278 valence electrons. The van der Waals surface area contributed by atoms with E-state index in [9.17, 15) is 29.4 Å². The Morgan fingerprint density at radius 1 is 0.667 bits per heavy atom. The van der Waals surface area contributed by atoms with Crippen LogP contribution >= 0.6 is 0 Å². The molecule has 12 nitrogen and oxygen atoms in total. The fourth-order valence-corrected chi connectivity index (χ4v) is 7.45. The number of methoxy groups -OCH3 is 2. The van der Waals surface area contributed by atoms with Gasteiger partial charge in [0.25, 0.3) is 0 Å². The molecular formula is C36H64N2O10. The first-order valence-electron chi connectivity index (χ1n) is 17.9. The van der Waals surface area contributed by atoms with E-state index in [2.05, 4.69) is 0 Å². The summed E-state index contributed by atoms with van der Waals surface area (Å²) >= 11 is 0. The van der Waals surface area contributed by atoms with E-state index < -0.39 is 53.3 Å². The molecule has 2 aliphatic rings. The minimum absolute atomic E-state index is 0.0276. The van der Waals surface area contributed by atoms with E-state index >= 15 is 0 Å². The van der Waals surface area contributed by atoms with Crippen molar-refractivity contribution in [1.29, 1.82) is 0 Å². The topological polar surface area (TPSA) is 152 Å². The SMILES string of the molecule is COC(=O)[C@H](CCCCO)[C@@H]1[C@@H](CCCCC[C@@H](C(=O)OC)[C@@H]2[C@@H](CO)CCCN2C(=O)OC(C)(C)C)CCCN1C(=O)OC(C)(C)C. The minimum Gasteiger partial charge on any atom is -0.469 e. The zero-order chi connectivity index (χ0) is 36.1. The van der Waals surface area contributed by atoms with Gasteiger partial charge >= 0.3 is 24.1 Å². The van der Waals surface area contributed by atoms with Gasteiger partial charge in [-0.05, 0) is 98.8 Å². The number of hydrogen-bond acceptors (Lipinski definition) is 10. The number of likely N-dealkylation sites (tertiary alicyclic amines) is 2. The lowest BCUT2D eigenvalue weighted by Crippen LogP contribution is -2.56. The molecule has 0 aliphatic carbocycles. The van der Waals surface area contributed by atoms with E-state index in [4.69, 9.17) is 18.9 Å². The van der Waals surface area contributed by atoms with Gasteiger partial charge in [-0.15, -0.1) is 0 Å². The van der Waals surface area contributed by atoms with Crippen LogP contribution in [0.25, 0.3) is 0 Å². The fourth-order valence-electron chi connectivity index (χ4n) is 7.45. The Morgan fingerprint density at radius 3 is 1.52 bits per heavy atom. The van der Waals surface area contributed by atoms with Crippen LogP contribution in [0.5, 0.6) is 0 Å². The normalized spacial score (nSPS) is 23.2. The number of aliphatic hydroxyl groups excluding tert-OH is 2. The summed E-state index contributed by atoms with van der Waals surface area (Å²) in [6.07, 6.45) is 7.37. The molecule has 12 heteroatoms. The largest absolute Gasteiger partial charge is 0.469 e. The summed E-state index contributed by atoms with van der Waals surface area (Å²) in [6, 6.07) is -0.923. The van der Waals surface area contributed by atoms with Gasteiger partial charge in [0.15, 0.2) is 0 Å². The number of aliphatic hydroxyl groups is 2. The maximum Gasteiger partial charge on any atom is 0.410 e. The van der Waals surface area contributed by atoms with E-state index in [1.165, 1.54) is 14.2 Å². The molecule has 0 aromatic heterocycles. The van der Waals surface area contributed by atoms with Crippen LogP contribution in [0.2, 0.25) is 0 Å². The van der Waals surface area contributed by atoms with E-state index in [1.807, 2.05) is 20.8 Å². The van der Waals surface area contributed by atoms with Gasteiger partial charge in [-0.3, -0.25) is 9.59 Å². The van der Waals surface area contributed by atoms with Gasteiger partial charge in [-0.1, -0.05) is 25.7 Å². The number of hydrogen-bond donors (Lipinski definition) is 2.